The van der Waals surface area contributed by atoms with E-state index in [-0.39, 0.29) is 17.7 Å². The topological polar surface area (TPSA) is 88.1 Å². The lowest BCUT2D eigenvalue weighted by atomic mass is 10.1. The molecular weight excluding hydrogens is 396 g/mol. The standard InChI is InChI=1S/C18H25ClO7S/c1-17(2,3)24-15(20)10-13-11-16(25-18(4,5)23-13)26-27(21,22)14-8-6-12(19)7-9-14/h6-9,13,16H,10-11H2,1-5H3/t13-,16+/m0/s1. The monoisotopic (exact) mass is 420 g/mol. The highest BCUT2D eigenvalue weighted by Crippen LogP contribution is 2.31. The Bertz CT molecular complexity index is 766. The SMILES string of the molecule is CC(C)(C)OC(=O)C[C@H]1C[C@@H](OS(=O)(=O)c2ccc(Cl)cc2)OC(C)(C)O1. The summed E-state index contributed by atoms with van der Waals surface area (Å²) >= 11 is 5.78. The van der Waals surface area contributed by atoms with Crippen molar-refractivity contribution < 1.29 is 31.6 Å². The summed E-state index contributed by atoms with van der Waals surface area (Å²) in [5.41, 5.74) is -0.619. The van der Waals surface area contributed by atoms with E-state index in [1.54, 1.807) is 34.6 Å². The van der Waals surface area contributed by atoms with Crippen molar-refractivity contribution in [3.05, 3.63) is 29.3 Å². The highest BCUT2D eigenvalue weighted by Gasteiger charge is 2.39. The van der Waals surface area contributed by atoms with E-state index >= 15 is 0 Å². The lowest BCUT2D eigenvalue weighted by Crippen LogP contribution is -2.47. The van der Waals surface area contributed by atoms with Crippen LogP contribution in [0.15, 0.2) is 29.2 Å². The van der Waals surface area contributed by atoms with Crippen molar-refractivity contribution in [3.63, 3.8) is 0 Å². The zero-order valence-electron chi connectivity index (χ0n) is 16.0. The zero-order chi connectivity index (χ0) is 20.5. The molecule has 1 saturated heterocycles. The van der Waals surface area contributed by atoms with Gasteiger partial charge in [-0.1, -0.05) is 11.6 Å². The van der Waals surface area contributed by atoms with Gasteiger partial charge in [-0.2, -0.15) is 8.42 Å². The molecule has 2 rings (SSSR count). The molecule has 9 heteroatoms. The number of carbonyl (C=O) groups is 1. The first-order valence-corrected chi connectivity index (χ1v) is 10.3. The number of rotatable bonds is 5. The molecule has 0 unspecified atom stereocenters. The molecule has 27 heavy (non-hydrogen) atoms. The van der Waals surface area contributed by atoms with E-state index in [4.69, 9.17) is 30.0 Å². The Balaban J connectivity index is 2.08. The van der Waals surface area contributed by atoms with Gasteiger partial charge in [0.1, 0.15) is 5.60 Å². The van der Waals surface area contributed by atoms with Crippen LogP contribution in [0.25, 0.3) is 0 Å². The lowest BCUT2D eigenvalue weighted by Gasteiger charge is -2.39. The van der Waals surface area contributed by atoms with Crippen LogP contribution >= 0.6 is 11.6 Å². The smallest absolute Gasteiger partial charge is 0.308 e. The number of benzene rings is 1. The van der Waals surface area contributed by atoms with Gasteiger partial charge in [0, 0.05) is 11.4 Å². The normalized spacial score (nSPS) is 23.0. The summed E-state index contributed by atoms with van der Waals surface area (Å²) in [7, 11) is -4.06. The summed E-state index contributed by atoms with van der Waals surface area (Å²) in [5, 5.41) is 0.412. The van der Waals surface area contributed by atoms with Crippen LogP contribution in [0.2, 0.25) is 5.02 Å². The van der Waals surface area contributed by atoms with Gasteiger partial charge < -0.3 is 14.2 Å². The Morgan fingerprint density at radius 2 is 1.81 bits per heavy atom. The molecule has 0 aromatic heterocycles. The first-order chi connectivity index (χ1) is 12.3. The summed E-state index contributed by atoms with van der Waals surface area (Å²) in [6.07, 6.45) is -1.67. The molecule has 1 aliphatic rings. The summed E-state index contributed by atoms with van der Waals surface area (Å²) in [6, 6.07) is 5.61. The van der Waals surface area contributed by atoms with Crippen LogP contribution in [-0.2, 0) is 33.3 Å². The van der Waals surface area contributed by atoms with Gasteiger partial charge in [-0.3, -0.25) is 4.79 Å². The average molecular weight is 421 g/mol. The molecule has 1 aromatic carbocycles. The van der Waals surface area contributed by atoms with Crippen LogP contribution in [0.3, 0.4) is 0 Å². The molecule has 0 radical (unpaired) electrons. The molecule has 0 saturated carbocycles. The number of hydrogen-bond donors (Lipinski definition) is 0. The second-order valence-electron chi connectivity index (χ2n) is 7.72. The molecule has 7 nitrogen and oxygen atoms in total. The van der Waals surface area contributed by atoms with Gasteiger partial charge in [0.2, 0.25) is 0 Å². The molecule has 152 valence electrons. The molecule has 1 heterocycles. The van der Waals surface area contributed by atoms with Gasteiger partial charge in [0.05, 0.1) is 17.4 Å². The first kappa shape index (κ1) is 22.1. The van der Waals surface area contributed by atoms with Gasteiger partial charge in [0.25, 0.3) is 10.1 Å². The molecule has 0 aliphatic carbocycles. The number of ether oxygens (including phenoxy) is 3. The maximum Gasteiger partial charge on any atom is 0.308 e. The minimum absolute atomic E-state index is 0.0368. The summed E-state index contributed by atoms with van der Waals surface area (Å²) in [6.45, 7) is 8.55. The van der Waals surface area contributed by atoms with Crippen LogP contribution in [0.1, 0.15) is 47.5 Å². The molecular formula is C18H25ClO7S. The summed E-state index contributed by atoms with van der Waals surface area (Å²) in [5.74, 6) is -1.56. The Morgan fingerprint density at radius 1 is 1.22 bits per heavy atom. The minimum atomic E-state index is -4.06. The minimum Gasteiger partial charge on any atom is -0.460 e. The maximum absolute atomic E-state index is 12.5. The van der Waals surface area contributed by atoms with Crippen molar-refractivity contribution >= 4 is 27.7 Å². The predicted octanol–water partition coefficient (Wildman–Crippen LogP) is 3.64. The van der Waals surface area contributed by atoms with Crippen molar-refractivity contribution in [2.75, 3.05) is 0 Å². The number of carbonyl (C=O) groups excluding carboxylic acids is 1. The maximum atomic E-state index is 12.5. The molecule has 2 atom stereocenters. The van der Waals surface area contributed by atoms with Crippen molar-refractivity contribution in [3.8, 4) is 0 Å². The average Bonchev–Trinajstić information content (AvgIpc) is 2.42. The molecule has 0 amide bonds. The molecule has 1 fully saturated rings. The van der Waals surface area contributed by atoms with Crippen molar-refractivity contribution in [1.29, 1.82) is 0 Å². The van der Waals surface area contributed by atoms with E-state index < -0.39 is 39.9 Å². The third-order valence-corrected chi connectivity index (χ3v) is 5.04. The van der Waals surface area contributed by atoms with Crippen molar-refractivity contribution in [2.24, 2.45) is 0 Å². The first-order valence-electron chi connectivity index (χ1n) is 8.52. The van der Waals surface area contributed by atoms with Gasteiger partial charge in [-0.15, -0.1) is 0 Å². The van der Waals surface area contributed by atoms with E-state index in [1.165, 1.54) is 24.3 Å². The Hall–Kier alpha value is -1.19. The number of hydrogen-bond acceptors (Lipinski definition) is 7. The van der Waals surface area contributed by atoms with Gasteiger partial charge in [0.15, 0.2) is 12.1 Å². The van der Waals surface area contributed by atoms with Gasteiger partial charge in [-0.05, 0) is 58.9 Å². The highest BCUT2D eigenvalue weighted by molar-refractivity contribution is 7.86. The quantitative estimate of drug-likeness (QED) is 0.530. The number of halogens is 1. The molecule has 0 spiro atoms. The fourth-order valence-electron chi connectivity index (χ4n) is 2.61. The van der Waals surface area contributed by atoms with Crippen LogP contribution < -0.4 is 0 Å². The predicted molar refractivity (Wildman–Crippen MR) is 98.6 cm³/mol. The summed E-state index contributed by atoms with van der Waals surface area (Å²) < 4.78 is 46.7. The van der Waals surface area contributed by atoms with Crippen LogP contribution in [0.5, 0.6) is 0 Å². The van der Waals surface area contributed by atoms with Gasteiger partial charge >= 0.3 is 5.97 Å². The fraction of sp³-hybridized carbons (Fsp3) is 0.611. The Kier molecular flexibility index (Phi) is 6.59. The largest absolute Gasteiger partial charge is 0.460 e. The van der Waals surface area contributed by atoms with E-state index in [0.29, 0.717) is 5.02 Å². The van der Waals surface area contributed by atoms with Crippen molar-refractivity contribution in [2.45, 2.75) is 76.1 Å². The van der Waals surface area contributed by atoms with E-state index in [0.717, 1.165) is 0 Å². The van der Waals surface area contributed by atoms with Crippen LogP contribution in [-0.4, -0.2) is 38.2 Å². The third-order valence-electron chi connectivity index (χ3n) is 3.47. The van der Waals surface area contributed by atoms with Crippen molar-refractivity contribution in [1.82, 2.24) is 0 Å². The second kappa shape index (κ2) is 8.05. The van der Waals surface area contributed by atoms with E-state index in [9.17, 15) is 13.2 Å². The highest BCUT2D eigenvalue weighted by atomic mass is 35.5. The van der Waals surface area contributed by atoms with E-state index in [1.807, 2.05) is 0 Å². The fourth-order valence-corrected chi connectivity index (χ4v) is 3.71. The summed E-state index contributed by atoms with van der Waals surface area (Å²) in [4.78, 5) is 12.0. The number of esters is 1. The zero-order valence-corrected chi connectivity index (χ0v) is 17.6. The second-order valence-corrected chi connectivity index (χ2v) is 9.73. The van der Waals surface area contributed by atoms with Crippen LogP contribution in [0.4, 0.5) is 0 Å². The lowest BCUT2D eigenvalue weighted by molar-refractivity contribution is -0.333. The van der Waals surface area contributed by atoms with E-state index in [2.05, 4.69) is 0 Å². The molecule has 1 aromatic rings. The Labute approximate surface area is 165 Å². The van der Waals surface area contributed by atoms with Gasteiger partial charge in [-0.25, -0.2) is 4.18 Å². The third kappa shape index (κ3) is 7.04. The molecule has 0 bridgehead atoms. The molecule has 0 N–H and O–H groups in total. The molecule has 1 aliphatic heterocycles. The van der Waals surface area contributed by atoms with Crippen LogP contribution in [0, 0.1) is 0 Å². The Morgan fingerprint density at radius 3 is 2.37 bits per heavy atom.